The second-order valence-electron chi connectivity index (χ2n) is 3.53. The van der Waals surface area contributed by atoms with E-state index in [9.17, 15) is 0 Å². The maximum absolute atomic E-state index is 8.63. The van der Waals surface area contributed by atoms with E-state index in [1.54, 1.807) is 6.07 Å². The molecule has 16 heavy (non-hydrogen) atoms. The number of nitrogen functional groups attached to an aromatic ring is 1. The number of fused-ring (bicyclic) bond motifs is 1. The largest absolute Gasteiger partial charge is 0.478 e. The Morgan fingerprint density at radius 3 is 2.94 bits per heavy atom. The molecule has 0 atom stereocenters. The Bertz CT molecular complexity index is 485. The minimum Gasteiger partial charge on any atom is -0.478 e. The summed E-state index contributed by atoms with van der Waals surface area (Å²) in [6, 6.07) is 9.28. The Hall–Kier alpha value is -1.81. The number of rotatable bonds is 4. The fourth-order valence-electron chi connectivity index (χ4n) is 1.45. The second-order valence-corrected chi connectivity index (χ2v) is 3.53. The molecular weight excluding hydrogens is 204 g/mol. The maximum atomic E-state index is 8.63. The molecule has 0 unspecified atom stereocenters. The van der Waals surface area contributed by atoms with Crippen molar-refractivity contribution in [3.63, 3.8) is 0 Å². The van der Waals surface area contributed by atoms with Crippen LogP contribution in [0.25, 0.3) is 10.9 Å². The molecule has 84 valence electrons. The first kappa shape index (κ1) is 10.7. The highest BCUT2D eigenvalue weighted by Gasteiger charge is 1.99. The quantitative estimate of drug-likeness (QED) is 0.604. The van der Waals surface area contributed by atoms with Gasteiger partial charge in [-0.1, -0.05) is 0 Å². The Labute approximate surface area is 93.7 Å². The van der Waals surface area contributed by atoms with E-state index >= 15 is 0 Å². The topological polar surface area (TPSA) is 68.4 Å². The zero-order valence-electron chi connectivity index (χ0n) is 8.89. The van der Waals surface area contributed by atoms with Crippen molar-refractivity contribution in [3.8, 4) is 5.88 Å². The molecule has 0 aliphatic rings. The van der Waals surface area contributed by atoms with Gasteiger partial charge in [0.05, 0.1) is 12.1 Å². The van der Waals surface area contributed by atoms with Crippen LogP contribution >= 0.6 is 0 Å². The predicted octanol–water partition coefficient (Wildman–Crippen LogP) is 1.58. The van der Waals surface area contributed by atoms with Crippen LogP contribution < -0.4 is 10.5 Å². The number of nitrogens with two attached hydrogens (primary N) is 1. The lowest BCUT2D eigenvalue weighted by molar-refractivity contribution is 0.229. The highest BCUT2D eigenvalue weighted by Crippen LogP contribution is 2.18. The number of ether oxygens (including phenoxy) is 1. The van der Waals surface area contributed by atoms with Crippen molar-refractivity contribution < 1.29 is 9.84 Å². The summed E-state index contributed by atoms with van der Waals surface area (Å²) in [5, 5.41) is 9.63. The first-order valence-corrected chi connectivity index (χ1v) is 5.19. The van der Waals surface area contributed by atoms with Crippen LogP contribution in [0.15, 0.2) is 30.3 Å². The third-order valence-electron chi connectivity index (χ3n) is 2.24. The monoisotopic (exact) mass is 218 g/mol. The number of anilines is 1. The molecule has 0 amide bonds. The number of aliphatic hydroxyl groups excluding tert-OH is 1. The van der Waals surface area contributed by atoms with E-state index in [1.807, 2.05) is 24.3 Å². The third kappa shape index (κ3) is 2.41. The molecule has 4 heteroatoms. The zero-order chi connectivity index (χ0) is 11.4. The number of pyridine rings is 1. The normalized spacial score (nSPS) is 10.6. The lowest BCUT2D eigenvalue weighted by Gasteiger charge is -2.05. The van der Waals surface area contributed by atoms with Gasteiger partial charge in [-0.05, 0) is 24.3 Å². The highest BCUT2D eigenvalue weighted by molar-refractivity contribution is 5.82. The molecule has 2 rings (SSSR count). The van der Waals surface area contributed by atoms with E-state index in [1.165, 1.54) is 0 Å². The van der Waals surface area contributed by atoms with Gasteiger partial charge in [-0.25, -0.2) is 4.98 Å². The SMILES string of the molecule is Nc1ccc2nc(OCCCO)ccc2c1. The molecular formula is C12H14N2O2. The van der Waals surface area contributed by atoms with E-state index in [2.05, 4.69) is 4.98 Å². The number of hydrogen-bond donors (Lipinski definition) is 2. The summed E-state index contributed by atoms with van der Waals surface area (Å²) in [7, 11) is 0. The number of aliphatic hydroxyl groups is 1. The molecule has 0 aliphatic heterocycles. The Morgan fingerprint density at radius 2 is 2.12 bits per heavy atom. The first-order chi connectivity index (χ1) is 7.79. The van der Waals surface area contributed by atoms with Gasteiger partial charge in [0, 0.05) is 30.2 Å². The summed E-state index contributed by atoms with van der Waals surface area (Å²) in [6.45, 7) is 0.605. The number of hydrogen-bond acceptors (Lipinski definition) is 4. The molecule has 0 saturated heterocycles. The van der Waals surface area contributed by atoms with E-state index in [0.717, 1.165) is 16.6 Å². The third-order valence-corrected chi connectivity index (χ3v) is 2.24. The molecule has 1 aromatic heterocycles. The van der Waals surface area contributed by atoms with E-state index in [0.29, 0.717) is 18.9 Å². The van der Waals surface area contributed by atoms with Crippen molar-refractivity contribution in [1.29, 1.82) is 0 Å². The van der Waals surface area contributed by atoms with Crippen LogP contribution in [0.5, 0.6) is 5.88 Å². The Kier molecular flexibility index (Phi) is 3.22. The van der Waals surface area contributed by atoms with Crippen molar-refractivity contribution in [3.05, 3.63) is 30.3 Å². The molecule has 0 radical (unpaired) electrons. The van der Waals surface area contributed by atoms with Crippen molar-refractivity contribution in [2.45, 2.75) is 6.42 Å². The van der Waals surface area contributed by atoms with Gasteiger partial charge < -0.3 is 15.6 Å². The van der Waals surface area contributed by atoms with Crippen LogP contribution in [0.3, 0.4) is 0 Å². The van der Waals surface area contributed by atoms with Crippen LogP contribution in [-0.2, 0) is 0 Å². The zero-order valence-corrected chi connectivity index (χ0v) is 8.89. The summed E-state index contributed by atoms with van der Waals surface area (Å²) >= 11 is 0. The molecule has 0 bridgehead atoms. The van der Waals surface area contributed by atoms with E-state index in [4.69, 9.17) is 15.6 Å². The molecule has 0 saturated carbocycles. The van der Waals surface area contributed by atoms with Gasteiger partial charge in [0.2, 0.25) is 5.88 Å². The van der Waals surface area contributed by atoms with Gasteiger partial charge in [-0.3, -0.25) is 0 Å². The lowest BCUT2D eigenvalue weighted by Crippen LogP contribution is -2.01. The molecule has 0 fully saturated rings. The van der Waals surface area contributed by atoms with Gasteiger partial charge in [0.15, 0.2) is 0 Å². The summed E-state index contributed by atoms with van der Waals surface area (Å²) < 4.78 is 5.38. The van der Waals surface area contributed by atoms with Crippen molar-refractivity contribution in [2.75, 3.05) is 18.9 Å². The van der Waals surface area contributed by atoms with Crippen molar-refractivity contribution in [2.24, 2.45) is 0 Å². The average molecular weight is 218 g/mol. The Balaban J connectivity index is 2.20. The summed E-state index contributed by atoms with van der Waals surface area (Å²) in [5.74, 6) is 0.575. The molecule has 3 N–H and O–H groups in total. The fraction of sp³-hybridized carbons (Fsp3) is 0.250. The summed E-state index contributed by atoms with van der Waals surface area (Å²) in [6.07, 6.45) is 0.613. The molecule has 1 aromatic carbocycles. The second kappa shape index (κ2) is 4.81. The number of benzene rings is 1. The van der Waals surface area contributed by atoms with Gasteiger partial charge in [0.25, 0.3) is 0 Å². The average Bonchev–Trinajstić information content (AvgIpc) is 2.29. The highest BCUT2D eigenvalue weighted by atomic mass is 16.5. The van der Waals surface area contributed by atoms with Crippen LogP contribution in [0, 0.1) is 0 Å². The van der Waals surface area contributed by atoms with Crippen LogP contribution in [0.4, 0.5) is 5.69 Å². The minimum absolute atomic E-state index is 0.129. The van der Waals surface area contributed by atoms with E-state index in [-0.39, 0.29) is 6.61 Å². The van der Waals surface area contributed by atoms with Gasteiger partial charge >= 0.3 is 0 Å². The van der Waals surface area contributed by atoms with Crippen LogP contribution in [0.2, 0.25) is 0 Å². The molecule has 0 aliphatic carbocycles. The van der Waals surface area contributed by atoms with Crippen molar-refractivity contribution in [1.82, 2.24) is 4.98 Å². The summed E-state index contributed by atoms with van der Waals surface area (Å²) in [4.78, 5) is 4.33. The number of nitrogens with zero attached hydrogens (tertiary/aromatic N) is 1. The standard InChI is InChI=1S/C12H14N2O2/c13-10-3-4-11-9(8-10)2-5-12(14-11)16-7-1-6-15/h2-5,8,15H,1,6-7,13H2. The maximum Gasteiger partial charge on any atom is 0.213 e. The fourth-order valence-corrected chi connectivity index (χ4v) is 1.45. The predicted molar refractivity (Wildman–Crippen MR) is 63.4 cm³/mol. The molecule has 1 heterocycles. The van der Waals surface area contributed by atoms with Crippen LogP contribution in [0.1, 0.15) is 6.42 Å². The summed E-state index contributed by atoms with van der Waals surface area (Å²) in [5.41, 5.74) is 7.26. The molecule has 2 aromatic rings. The van der Waals surface area contributed by atoms with Crippen LogP contribution in [-0.4, -0.2) is 23.3 Å². The molecule has 4 nitrogen and oxygen atoms in total. The minimum atomic E-state index is 0.129. The lowest BCUT2D eigenvalue weighted by atomic mass is 10.2. The smallest absolute Gasteiger partial charge is 0.213 e. The van der Waals surface area contributed by atoms with E-state index < -0.39 is 0 Å². The van der Waals surface area contributed by atoms with Crippen molar-refractivity contribution >= 4 is 16.6 Å². The van der Waals surface area contributed by atoms with Gasteiger partial charge in [-0.2, -0.15) is 0 Å². The Morgan fingerprint density at radius 1 is 1.25 bits per heavy atom. The van der Waals surface area contributed by atoms with Gasteiger partial charge in [0.1, 0.15) is 0 Å². The first-order valence-electron chi connectivity index (χ1n) is 5.19. The number of aromatic nitrogens is 1. The van der Waals surface area contributed by atoms with Gasteiger partial charge in [-0.15, -0.1) is 0 Å². The molecule has 0 spiro atoms.